The number of aromatic nitrogens is 2. The van der Waals surface area contributed by atoms with E-state index in [-0.39, 0.29) is 5.91 Å². The van der Waals surface area contributed by atoms with Gasteiger partial charge in [0.05, 0.1) is 18.0 Å². The highest BCUT2D eigenvalue weighted by atomic mass is 16.3. The summed E-state index contributed by atoms with van der Waals surface area (Å²) in [6.45, 7) is 2.23. The minimum Gasteiger partial charge on any atom is -0.469 e. The van der Waals surface area contributed by atoms with E-state index in [4.69, 9.17) is 4.42 Å². The Hall–Kier alpha value is -2.04. The molecule has 84 valence electrons. The fraction of sp³-hybridized carbons (Fsp3) is 0.273. The van der Waals surface area contributed by atoms with Crippen molar-refractivity contribution in [2.45, 2.75) is 13.5 Å². The van der Waals surface area contributed by atoms with Crippen LogP contribution in [0.5, 0.6) is 0 Å². The Kier molecular flexibility index (Phi) is 2.76. The summed E-state index contributed by atoms with van der Waals surface area (Å²) in [7, 11) is 1.84. The lowest BCUT2D eigenvalue weighted by Gasteiger charge is -2.01. The quantitative estimate of drug-likeness (QED) is 0.845. The van der Waals surface area contributed by atoms with Crippen molar-refractivity contribution in [1.29, 1.82) is 0 Å². The molecule has 0 aliphatic carbocycles. The number of carbonyl (C=O) groups excluding carboxylic acids is 1. The molecule has 0 bridgehead atoms. The third-order valence-corrected chi connectivity index (χ3v) is 2.31. The Morgan fingerprint density at radius 3 is 3.00 bits per heavy atom. The minimum absolute atomic E-state index is 0.130. The Morgan fingerprint density at radius 2 is 2.44 bits per heavy atom. The van der Waals surface area contributed by atoms with E-state index < -0.39 is 0 Å². The predicted octanol–water partition coefficient (Wildman–Crippen LogP) is 1.25. The summed E-state index contributed by atoms with van der Waals surface area (Å²) in [6.07, 6.45) is 5.10. The maximum absolute atomic E-state index is 11.7. The zero-order valence-electron chi connectivity index (χ0n) is 9.23. The van der Waals surface area contributed by atoms with Crippen LogP contribution in [0.4, 0.5) is 0 Å². The van der Waals surface area contributed by atoms with E-state index in [1.807, 2.05) is 13.2 Å². The van der Waals surface area contributed by atoms with Crippen LogP contribution in [0.25, 0.3) is 0 Å². The molecule has 0 atom stereocenters. The molecule has 16 heavy (non-hydrogen) atoms. The van der Waals surface area contributed by atoms with Gasteiger partial charge >= 0.3 is 0 Å². The third-order valence-electron chi connectivity index (χ3n) is 2.31. The lowest BCUT2D eigenvalue weighted by atomic mass is 10.2. The van der Waals surface area contributed by atoms with Crippen LogP contribution in [-0.4, -0.2) is 15.7 Å². The predicted molar refractivity (Wildman–Crippen MR) is 57.8 cm³/mol. The summed E-state index contributed by atoms with van der Waals surface area (Å²) in [5, 5.41) is 6.82. The number of furan rings is 1. The normalized spacial score (nSPS) is 10.4. The first kappa shape index (κ1) is 10.5. The summed E-state index contributed by atoms with van der Waals surface area (Å²) in [4.78, 5) is 11.7. The second kappa shape index (κ2) is 4.22. The van der Waals surface area contributed by atoms with Gasteiger partial charge in [-0.15, -0.1) is 0 Å². The van der Waals surface area contributed by atoms with Gasteiger partial charge in [0.1, 0.15) is 5.76 Å². The van der Waals surface area contributed by atoms with Crippen molar-refractivity contribution in [3.8, 4) is 0 Å². The van der Waals surface area contributed by atoms with E-state index in [2.05, 4.69) is 10.4 Å². The van der Waals surface area contributed by atoms with Gasteiger partial charge in [-0.3, -0.25) is 9.48 Å². The van der Waals surface area contributed by atoms with Crippen LogP contribution in [0.2, 0.25) is 0 Å². The monoisotopic (exact) mass is 219 g/mol. The molecule has 2 aromatic heterocycles. The molecule has 1 amide bonds. The van der Waals surface area contributed by atoms with E-state index >= 15 is 0 Å². The first-order valence-electron chi connectivity index (χ1n) is 4.96. The molecule has 0 radical (unpaired) electrons. The lowest BCUT2D eigenvalue weighted by molar-refractivity contribution is 0.0949. The van der Waals surface area contributed by atoms with E-state index in [1.54, 1.807) is 23.9 Å². The third kappa shape index (κ3) is 2.13. The number of nitrogens with one attached hydrogen (secondary N) is 1. The molecule has 5 heteroatoms. The van der Waals surface area contributed by atoms with Crippen LogP contribution < -0.4 is 5.32 Å². The fourth-order valence-corrected chi connectivity index (χ4v) is 1.46. The number of carbonyl (C=O) groups is 1. The van der Waals surface area contributed by atoms with Crippen molar-refractivity contribution in [2.24, 2.45) is 7.05 Å². The van der Waals surface area contributed by atoms with E-state index in [9.17, 15) is 4.79 Å². The van der Waals surface area contributed by atoms with Gasteiger partial charge in [0.2, 0.25) is 0 Å². The Balaban J connectivity index is 1.96. The average Bonchev–Trinajstić information content (AvgIpc) is 2.84. The first-order valence-corrected chi connectivity index (χ1v) is 4.96. The molecule has 0 unspecified atom stereocenters. The molecule has 2 heterocycles. The standard InChI is InChI=1S/C11H13N3O2/c1-8-10(3-4-16-8)11(15)12-5-9-6-13-14(2)7-9/h3-4,6-7H,5H2,1-2H3,(H,12,15). The first-order chi connectivity index (χ1) is 7.66. The second-order valence-electron chi connectivity index (χ2n) is 3.60. The number of aryl methyl sites for hydroxylation is 2. The van der Waals surface area contributed by atoms with E-state index in [1.165, 1.54) is 6.26 Å². The maximum atomic E-state index is 11.7. The summed E-state index contributed by atoms with van der Waals surface area (Å²) in [6, 6.07) is 1.66. The lowest BCUT2D eigenvalue weighted by Crippen LogP contribution is -2.22. The summed E-state index contributed by atoms with van der Waals surface area (Å²) in [5.41, 5.74) is 1.54. The topological polar surface area (TPSA) is 60.1 Å². The zero-order valence-corrected chi connectivity index (χ0v) is 9.23. The molecule has 0 fully saturated rings. The van der Waals surface area contributed by atoms with Crippen LogP contribution in [-0.2, 0) is 13.6 Å². The van der Waals surface area contributed by atoms with Gasteiger partial charge in [-0.25, -0.2) is 0 Å². The smallest absolute Gasteiger partial charge is 0.255 e. The van der Waals surface area contributed by atoms with Gasteiger partial charge in [0.25, 0.3) is 5.91 Å². The van der Waals surface area contributed by atoms with Gasteiger partial charge in [-0.1, -0.05) is 0 Å². The highest BCUT2D eigenvalue weighted by Gasteiger charge is 2.10. The van der Waals surface area contributed by atoms with Crippen molar-refractivity contribution in [1.82, 2.24) is 15.1 Å². The number of nitrogens with zero attached hydrogens (tertiary/aromatic N) is 2. The fourth-order valence-electron chi connectivity index (χ4n) is 1.46. The molecule has 5 nitrogen and oxygen atoms in total. The highest BCUT2D eigenvalue weighted by molar-refractivity contribution is 5.94. The van der Waals surface area contributed by atoms with Crippen LogP contribution >= 0.6 is 0 Å². The maximum Gasteiger partial charge on any atom is 0.255 e. The molecule has 0 aromatic carbocycles. The number of rotatable bonds is 3. The molecule has 2 aromatic rings. The average molecular weight is 219 g/mol. The number of amides is 1. The van der Waals surface area contributed by atoms with Crippen molar-refractivity contribution in [3.63, 3.8) is 0 Å². The van der Waals surface area contributed by atoms with Crippen LogP contribution in [0.1, 0.15) is 21.7 Å². The molecule has 0 aliphatic rings. The SMILES string of the molecule is Cc1occc1C(=O)NCc1cnn(C)c1. The van der Waals surface area contributed by atoms with Gasteiger partial charge in [0, 0.05) is 25.4 Å². The van der Waals surface area contributed by atoms with Crippen molar-refractivity contribution < 1.29 is 9.21 Å². The molecular weight excluding hydrogens is 206 g/mol. The summed E-state index contributed by atoms with van der Waals surface area (Å²) < 4.78 is 6.76. The van der Waals surface area contributed by atoms with Gasteiger partial charge in [-0.2, -0.15) is 5.10 Å². The molecule has 1 N–H and O–H groups in total. The number of hydrogen-bond donors (Lipinski definition) is 1. The molecular formula is C11H13N3O2. The minimum atomic E-state index is -0.130. The Morgan fingerprint density at radius 1 is 1.62 bits per heavy atom. The van der Waals surface area contributed by atoms with Crippen LogP contribution in [0.3, 0.4) is 0 Å². The second-order valence-corrected chi connectivity index (χ2v) is 3.60. The van der Waals surface area contributed by atoms with Gasteiger partial charge in [0.15, 0.2) is 0 Å². The molecule has 0 saturated carbocycles. The zero-order chi connectivity index (χ0) is 11.5. The molecule has 2 rings (SSSR count). The molecule has 0 spiro atoms. The Bertz CT molecular complexity index is 499. The molecule has 0 aliphatic heterocycles. The van der Waals surface area contributed by atoms with E-state index in [0.717, 1.165) is 5.56 Å². The highest BCUT2D eigenvalue weighted by Crippen LogP contribution is 2.08. The Labute approximate surface area is 93.1 Å². The summed E-state index contributed by atoms with van der Waals surface area (Å²) in [5.74, 6) is 0.499. The number of hydrogen-bond acceptors (Lipinski definition) is 3. The van der Waals surface area contributed by atoms with Crippen molar-refractivity contribution in [3.05, 3.63) is 41.6 Å². The van der Waals surface area contributed by atoms with Gasteiger partial charge < -0.3 is 9.73 Å². The van der Waals surface area contributed by atoms with Gasteiger partial charge in [-0.05, 0) is 13.0 Å². The largest absolute Gasteiger partial charge is 0.469 e. The summed E-state index contributed by atoms with van der Waals surface area (Å²) >= 11 is 0. The van der Waals surface area contributed by atoms with Crippen molar-refractivity contribution >= 4 is 5.91 Å². The van der Waals surface area contributed by atoms with E-state index in [0.29, 0.717) is 17.9 Å². The van der Waals surface area contributed by atoms with Crippen molar-refractivity contribution in [2.75, 3.05) is 0 Å². The van der Waals surface area contributed by atoms with Crippen LogP contribution in [0, 0.1) is 6.92 Å². The van der Waals surface area contributed by atoms with Crippen LogP contribution in [0.15, 0.2) is 29.1 Å². The molecule has 0 saturated heterocycles.